The number of methoxy groups -OCH3 is 1. The van der Waals surface area contributed by atoms with Crippen molar-refractivity contribution in [3.8, 4) is 5.75 Å². The molecule has 2 atom stereocenters. The molecule has 1 heterocycles. The van der Waals surface area contributed by atoms with Crippen LogP contribution in [0.3, 0.4) is 0 Å². The lowest BCUT2D eigenvalue weighted by Crippen LogP contribution is -2.38. The molecule has 1 aliphatic carbocycles. The second-order valence-electron chi connectivity index (χ2n) is 9.83. The molecule has 1 N–H and O–H groups in total. The first-order valence-electron chi connectivity index (χ1n) is 12.9. The Bertz CT molecular complexity index is 1580. The molecule has 0 fully saturated rings. The summed E-state index contributed by atoms with van der Waals surface area (Å²) < 4.78 is 19.9. The number of nitrogens with zero attached hydrogens (tertiary/aromatic N) is 1. The van der Waals surface area contributed by atoms with E-state index < -0.39 is 11.9 Å². The van der Waals surface area contributed by atoms with Gasteiger partial charge in [0, 0.05) is 23.3 Å². The lowest BCUT2D eigenvalue weighted by Gasteiger charge is -2.35. The van der Waals surface area contributed by atoms with Gasteiger partial charge >= 0.3 is 0 Å². The van der Waals surface area contributed by atoms with Crippen molar-refractivity contribution in [1.82, 2.24) is 0 Å². The van der Waals surface area contributed by atoms with Crippen LogP contribution in [-0.2, 0) is 4.79 Å². The van der Waals surface area contributed by atoms with Crippen LogP contribution in [0.4, 0.5) is 15.8 Å². The van der Waals surface area contributed by atoms with E-state index in [1.165, 1.54) is 12.1 Å². The van der Waals surface area contributed by atoms with Crippen LogP contribution in [0.2, 0.25) is 0 Å². The van der Waals surface area contributed by atoms with Gasteiger partial charge in [-0.05, 0) is 72.0 Å². The Balaban J connectivity index is 1.54. The summed E-state index contributed by atoms with van der Waals surface area (Å²) in [5.74, 6) is -0.0584. The standard InChI is InChI=1S/C33H27FN2O3/c1-39-26-16-14-21(15-17-26)24-19-28-31(30(37)20-24)32(23-10-7-11-25(34)18-23)36(29-13-6-5-12-27(29)35-28)33(38)22-8-3-2-4-9-22/h2-18,24,32,35H,19-20H2,1H3/t24-,32-/m0/s1. The molecular weight excluding hydrogens is 491 g/mol. The molecule has 0 radical (unpaired) electrons. The zero-order valence-electron chi connectivity index (χ0n) is 21.4. The van der Waals surface area contributed by atoms with Crippen LogP contribution >= 0.6 is 0 Å². The topological polar surface area (TPSA) is 58.6 Å². The van der Waals surface area contributed by atoms with Crippen molar-refractivity contribution < 1.29 is 18.7 Å². The number of carbonyl (C=O) groups excluding carboxylic acids is 2. The van der Waals surface area contributed by atoms with E-state index in [0.717, 1.165) is 22.7 Å². The van der Waals surface area contributed by atoms with Gasteiger partial charge in [-0.2, -0.15) is 0 Å². The maximum absolute atomic E-state index is 14.6. The Morgan fingerprint density at radius 2 is 1.62 bits per heavy atom. The van der Waals surface area contributed by atoms with E-state index in [9.17, 15) is 14.0 Å². The van der Waals surface area contributed by atoms with Crippen molar-refractivity contribution in [2.75, 3.05) is 17.3 Å². The number of rotatable bonds is 4. The molecule has 1 amide bonds. The number of amides is 1. The molecule has 4 aromatic carbocycles. The van der Waals surface area contributed by atoms with Crippen LogP contribution in [0.15, 0.2) is 114 Å². The number of ketones is 1. The number of para-hydroxylation sites is 2. The summed E-state index contributed by atoms with van der Waals surface area (Å²) in [7, 11) is 1.62. The van der Waals surface area contributed by atoms with Crippen molar-refractivity contribution in [2.45, 2.75) is 24.8 Å². The van der Waals surface area contributed by atoms with Gasteiger partial charge in [0.2, 0.25) is 0 Å². The SMILES string of the molecule is COc1ccc([C@@H]2CC(=O)C3=C(C2)Nc2ccccc2N(C(=O)c2ccccc2)[C@H]3c2cccc(F)c2)cc1. The minimum absolute atomic E-state index is 0.0497. The summed E-state index contributed by atoms with van der Waals surface area (Å²) in [4.78, 5) is 29.9. The summed E-state index contributed by atoms with van der Waals surface area (Å²) in [5, 5.41) is 3.51. The molecule has 0 saturated heterocycles. The molecule has 0 aromatic heterocycles. The number of Topliss-reactive ketones (excluding diaryl/α,β-unsaturated/α-hetero) is 1. The van der Waals surface area contributed by atoms with Gasteiger partial charge in [-0.25, -0.2) is 4.39 Å². The normalized spacial score (nSPS) is 18.5. The molecule has 4 aromatic rings. The van der Waals surface area contributed by atoms with E-state index in [0.29, 0.717) is 28.8 Å². The van der Waals surface area contributed by atoms with Crippen LogP contribution in [0, 0.1) is 5.82 Å². The van der Waals surface area contributed by atoms with Crippen molar-refractivity contribution in [3.63, 3.8) is 0 Å². The van der Waals surface area contributed by atoms with Crippen LogP contribution in [0.1, 0.15) is 46.3 Å². The molecule has 1 aliphatic heterocycles. The van der Waals surface area contributed by atoms with Gasteiger partial charge in [0.1, 0.15) is 11.6 Å². The molecule has 6 rings (SSSR count). The van der Waals surface area contributed by atoms with Gasteiger partial charge in [-0.3, -0.25) is 14.5 Å². The van der Waals surface area contributed by atoms with E-state index in [1.54, 1.807) is 36.3 Å². The van der Waals surface area contributed by atoms with E-state index in [4.69, 9.17) is 4.74 Å². The summed E-state index contributed by atoms with van der Waals surface area (Å²) in [6.45, 7) is 0. The highest BCUT2D eigenvalue weighted by Gasteiger charge is 2.42. The number of hydrogen-bond donors (Lipinski definition) is 1. The number of nitrogens with one attached hydrogen (secondary N) is 1. The lowest BCUT2D eigenvalue weighted by atomic mass is 9.78. The number of allylic oxidation sites excluding steroid dienone is 1. The second kappa shape index (κ2) is 10.2. The number of ether oxygens (including phenoxy) is 1. The lowest BCUT2D eigenvalue weighted by molar-refractivity contribution is -0.116. The third kappa shape index (κ3) is 4.59. The Hall–Kier alpha value is -4.71. The first-order chi connectivity index (χ1) is 19.0. The highest BCUT2D eigenvalue weighted by molar-refractivity contribution is 6.12. The van der Waals surface area contributed by atoms with Gasteiger partial charge in [0.05, 0.1) is 24.5 Å². The third-order valence-electron chi connectivity index (χ3n) is 7.48. The molecule has 2 aliphatic rings. The van der Waals surface area contributed by atoms with Crippen LogP contribution in [-0.4, -0.2) is 18.8 Å². The Morgan fingerprint density at radius 1 is 0.872 bits per heavy atom. The fourth-order valence-electron chi connectivity index (χ4n) is 5.64. The fourth-order valence-corrected chi connectivity index (χ4v) is 5.64. The fraction of sp³-hybridized carbons (Fsp3) is 0.152. The number of benzene rings is 4. The first kappa shape index (κ1) is 24.6. The molecule has 0 unspecified atom stereocenters. The van der Waals surface area contributed by atoms with Gasteiger partial charge in [-0.1, -0.05) is 54.6 Å². The minimum atomic E-state index is -0.802. The maximum atomic E-state index is 14.6. The van der Waals surface area contributed by atoms with E-state index in [-0.39, 0.29) is 24.0 Å². The first-order valence-corrected chi connectivity index (χ1v) is 12.9. The monoisotopic (exact) mass is 518 g/mol. The third-order valence-corrected chi connectivity index (χ3v) is 7.48. The van der Waals surface area contributed by atoms with Crippen molar-refractivity contribution in [1.29, 1.82) is 0 Å². The number of halogens is 1. The zero-order chi connectivity index (χ0) is 26.9. The maximum Gasteiger partial charge on any atom is 0.259 e. The molecule has 39 heavy (non-hydrogen) atoms. The highest BCUT2D eigenvalue weighted by atomic mass is 19.1. The summed E-state index contributed by atoms with van der Waals surface area (Å²) in [6, 6.07) is 29.6. The summed E-state index contributed by atoms with van der Waals surface area (Å²) in [6.07, 6.45) is 0.850. The van der Waals surface area contributed by atoms with Crippen LogP contribution < -0.4 is 15.0 Å². The number of fused-ring (bicyclic) bond motifs is 1. The van der Waals surface area contributed by atoms with E-state index in [1.807, 2.05) is 66.7 Å². The molecule has 194 valence electrons. The Kier molecular flexibility index (Phi) is 6.45. The number of anilines is 2. The van der Waals surface area contributed by atoms with Gasteiger partial charge in [-0.15, -0.1) is 0 Å². The zero-order valence-corrected chi connectivity index (χ0v) is 21.4. The largest absolute Gasteiger partial charge is 0.497 e. The quantitative estimate of drug-likeness (QED) is 0.315. The average molecular weight is 519 g/mol. The van der Waals surface area contributed by atoms with Gasteiger partial charge < -0.3 is 10.1 Å². The second-order valence-corrected chi connectivity index (χ2v) is 9.83. The highest BCUT2D eigenvalue weighted by Crippen LogP contribution is 2.48. The molecule has 5 nitrogen and oxygen atoms in total. The molecular formula is C33H27FN2O3. The molecule has 0 spiro atoms. The van der Waals surface area contributed by atoms with Crippen molar-refractivity contribution in [3.05, 3.63) is 137 Å². The Labute approximate surface area is 226 Å². The minimum Gasteiger partial charge on any atom is -0.497 e. The van der Waals surface area contributed by atoms with Crippen molar-refractivity contribution in [2.24, 2.45) is 0 Å². The molecule has 0 saturated carbocycles. The number of carbonyl (C=O) groups is 2. The van der Waals surface area contributed by atoms with Crippen LogP contribution in [0.5, 0.6) is 5.75 Å². The molecule has 0 bridgehead atoms. The van der Waals surface area contributed by atoms with Crippen molar-refractivity contribution >= 4 is 23.1 Å². The van der Waals surface area contributed by atoms with Gasteiger partial charge in [0.15, 0.2) is 5.78 Å². The van der Waals surface area contributed by atoms with E-state index in [2.05, 4.69) is 5.32 Å². The smallest absolute Gasteiger partial charge is 0.259 e. The Morgan fingerprint density at radius 3 is 2.36 bits per heavy atom. The van der Waals surface area contributed by atoms with Gasteiger partial charge in [0.25, 0.3) is 5.91 Å². The summed E-state index contributed by atoms with van der Waals surface area (Å²) >= 11 is 0. The summed E-state index contributed by atoms with van der Waals surface area (Å²) in [5.41, 5.74) is 4.65. The predicted molar refractivity (Wildman–Crippen MR) is 149 cm³/mol. The van der Waals surface area contributed by atoms with E-state index >= 15 is 0 Å². The average Bonchev–Trinajstić information content (AvgIpc) is 3.12. The predicted octanol–water partition coefficient (Wildman–Crippen LogP) is 7.05. The number of hydrogen-bond acceptors (Lipinski definition) is 4. The van der Waals surface area contributed by atoms with Crippen LogP contribution in [0.25, 0.3) is 0 Å². The molecule has 6 heteroatoms.